The number of thiazole rings is 1. The third kappa shape index (κ3) is 3.11. The number of nitrogens with one attached hydrogen (secondary N) is 2. The zero-order valence-electron chi connectivity index (χ0n) is 11.4. The Morgan fingerprint density at radius 1 is 1.50 bits per heavy atom. The van der Waals surface area contributed by atoms with Crippen LogP contribution in [0.2, 0.25) is 0 Å². The second-order valence-corrected chi connectivity index (χ2v) is 6.65. The molecule has 0 aromatic carbocycles. The summed E-state index contributed by atoms with van der Waals surface area (Å²) in [5.74, 6) is 0.388. The number of rotatable bonds is 8. The Balaban J connectivity index is 2.29. The Morgan fingerprint density at radius 3 is 3.00 bits per heavy atom. The third-order valence-electron chi connectivity index (χ3n) is 2.63. The van der Waals surface area contributed by atoms with Crippen LogP contribution in [-0.4, -0.2) is 44.6 Å². The molecule has 0 amide bonds. The largest absolute Gasteiger partial charge is 0.385 e. The Bertz CT molecular complexity index is 662. The van der Waals surface area contributed by atoms with Crippen LogP contribution in [0.4, 0.5) is 5.82 Å². The molecule has 0 radical (unpaired) electrons. The van der Waals surface area contributed by atoms with Crippen LogP contribution in [0.15, 0.2) is 16.6 Å². The van der Waals surface area contributed by atoms with Crippen molar-refractivity contribution in [2.24, 2.45) is 0 Å². The number of sulfonamides is 1. The van der Waals surface area contributed by atoms with Crippen molar-refractivity contribution in [2.75, 3.05) is 32.1 Å². The first-order valence-corrected chi connectivity index (χ1v) is 8.64. The molecule has 0 atom stereocenters. The van der Waals surface area contributed by atoms with Crippen LogP contribution in [0.3, 0.4) is 0 Å². The van der Waals surface area contributed by atoms with Gasteiger partial charge in [-0.05, 0) is 13.3 Å². The van der Waals surface area contributed by atoms with E-state index >= 15 is 0 Å². The standard InChI is InChI=1S/C11H18N4O3S2/c1-3-12-9-10(15-6-8-19-11(15)14-9)20(16,17)13-5-4-7-18-2/h6,8,12-13H,3-5,7H2,1-2H3. The van der Waals surface area contributed by atoms with Crippen LogP contribution in [-0.2, 0) is 14.8 Å². The Kier molecular flexibility index (Phi) is 4.97. The van der Waals surface area contributed by atoms with E-state index in [-0.39, 0.29) is 5.03 Å². The van der Waals surface area contributed by atoms with Gasteiger partial charge >= 0.3 is 0 Å². The topological polar surface area (TPSA) is 84.7 Å². The lowest BCUT2D eigenvalue weighted by Gasteiger charge is -2.08. The lowest BCUT2D eigenvalue weighted by molar-refractivity contribution is 0.196. The number of ether oxygens (including phenoxy) is 1. The van der Waals surface area contributed by atoms with E-state index in [0.29, 0.717) is 36.9 Å². The summed E-state index contributed by atoms with van der Waals surface area (Å²) >= 11 is 1.40. The zero-order valence-corrected chi connectivity index (χ0v) is 13.1. The van der Waals surface area contributed by atoms with E-state index in [4.69, 9.17) is 4.74 Å². The minimum absolute atomic E-state index is 0.160. The van der Waals surface area contributed by atoms with Crippen molar-refractivity contribution in [3.63, 3.8) is 0 Å². The Hall–Kier alpha value is -1.16. The number of anilines is 1. The Morgan fingerprint density at radius 2 is 2.30 bits per heavy atom. The van der Waals surface area contributed by atoms with Crippen LogP contribution >= 0.6 is 11.3 Å². The van der Waals surface area contributed by atoms with E-state index < -0.39 is 10.0 Å². The van der Waals surface area contributed by atoms with E-state index in [1.165, 1.54) is 11.3 Å². The molecule has 0 saturated carbocycles. The summed E-state index contributed by atoms with van der Waals surface area (Å²) in [7, 11) is -2.02. The molecule has 0 aliphatic heterocycles. The number of imidazole rings is 1. The molecule has 7 nitrogen and oxygen atoms in total. The minimum atomic E-state index is -3.61. The van der Waals surface area contributed by atoms with Crippen molar-refractivity contribution < 1.29 is 13.2 Å². The summed E-state index contributed by atoms with van der Waals surface area (Å²) in [6.07, 6.45) is 2.33. The van der Waals surface area contributed by atoms with Crippen molar-refractivity contribution in [1.82, 2.24) is 14.1 Å². The van der Waals surface area contributed by atoms with Gasteiger partial charge in [-0.2, -0.15) is 0 Å². The molecule has 2 aromatic heterocycles. The summed E-state index contributed by atoms with van der Waals surface area (Å²) in [5, 5.41) is 4.96. The zero-order chi connectivity index (χ0) is 14.6. The van der Waals surface area contributed by atoms with Crippen molar-refractivity contribution in [2.45, 2.75) is 18.4 Å². The molecule has 112 valence electrons. The number of hydrogen-bond acceptors (Lipinski definition) is 6. The average molecular weight is 318 g/mol. The van der Waals surface area contributed by atoms with Crippen LogP contribution in [0.5, 0.6) is 0 Å². The van der Waals surface area contributed by atoms with Gasteiger partial charge < -0.3 is 10.1 Å². The van der Waals surface area contributed by atoms with Crippen LogP contribution < -0.4 is 10.0 Å². The van der Waals surface area contributed by atoms with Crippen LogP contribution in [0.1, 0.15) is 13.3 Å². The monoisotopic (exact) mass is 318 g/mol. The van der Waals surface area contributed by atoms with Gasteiger partial charge in [-0.1, -0.05) is 0 Å². The maximum Gasteiger partial charge on any atom is 0.260 e. The van der Waals surface area contributed by atoms with Crippen molar-refractivity contribution in [3.8, 4) is 0 Å². The highest BCUT2D eigenvalue weighted by atomic mass is 32.2. The third-order valence-corrected chi connectivity index (χ3v) is 4.87. The normalized spacial score (nSPS) is 12.1. The highest BCUT2D eigenvalue weighted by Gasteiger charge is 2.25. The fraction of sp³-hybridized carbons (Fsp3) is 0.545. The fourth-order valence-corrected chi connectivity index (χ4v) is 3.90. The number of methoxy groups -OCH3 is 1. The van der Waals surface area contributed by atoms with Gasteiger partial charge in [0.25, 0.3) is 10.0 Å². The first-order chi connectivity index (χ1) is 9.60. The van der Waals surface area contributed by atoms with Crippen molar-refractivity contribution >= 4 is 32.1 Å². The highest BCUT2D eigenvalue weighted by molar-refractivity contribution is 7.89. The average Bonchev–Trinajstić information content (AvgIpc) is 2.95. The van der Waals surface area contributed by atoms with Crippen molar-refractivity contribution in [1.29, 1.82) is 0 Å². The van der Waals surface area contributed by atoms with Gasteiger partial charge in [0, 0.05) is 38.4 Å². The smallest absolute Gasteiger partial charge is 0.260 e. The van der Waals surface area contributed by atoms with Crippen molar-refractivity contribution in [3.05, 3.63) is 11.6 Å². The van der Waals surface area contributed by atoms with Gasteiger partial charge in [0.2, 0.25) is 0 Å². The van der Waals surface area contributed by atoms with Gasteiger partial charge in [0.15, 0.2) is 15.8 Å². The molecule has 0 spiro atoms. The number of hydrogen-bond donors (Lipinski definition) is 2. The summed E-state index contributed by atoms with van der Waals surface area (Å²) in [6.45, 7) is 3.36. The SMILES string of the molecule is CCNc1nc2sccn2c1S(=O)(=O)NCCCOC. The maximum absolute atomic E-state index is 12.4. The number of aromatic nitrogens is 2. The van der Waals surface area contributed by atoms with E-state index in [9.17, 15) is 8.42 Å². The highest BCUT2D eigenvalue weighted by Crippen LogP contribution is 2.25. The molecule has 0 fully saturated rings. The molecular formula is C11H18N4O3S2. The van der Waals surface area contributed by atoms with Gasteiger partial charge in [-0.25, -0.2) is 18.1 Å². The first kappa shape index (κ1) is 15.2. The Labute approximate surface area is 122 Å². The molecule has 20 heavy (non-hydrogen) atoms. The van der Waals surface area contributed by atoms with Gasteiger partial charge in [0.1, 0.15) is 0 Å². The predicted molar refractivity (Wildman–Crippen MR) is 78.9 cm³/mol. The molecular weight excluding hydrogens is 300 g/mol. The summed E-state index contributed by atoms with van der Waals surface area (Å²) in [4.78, 5) is 4.95. The summed E-state index contributed by atoms with van der Waals surface area (Å²) < 4.78 is 33.9. The molecule has 2 heterocycles. The fourth-order valence-electron chi connectivity index (χ4n) is 1.80. The second-order valence-electron chi connectivity index (χ2n) is 4.10. The van der Waals surface area contributed by atoms with E-state index in [2.05, 4.69) is 15.0 Å². The second kappa shape index (κ2) is 6.53. The van der Waals surface area contributed by atoms with Crippen LogP contribution in [0.25, 0.3) is 4.96 Å². The number of fused-ring (bicyclic) bond motifs is 1. The van der Waals surface area contributed by atoms with Crippen LogP contribution in [0, 0.1) is 0 Å². The first-order valence-electron chi connectivity index (χ1n) is 6.28. The van der Waals surface area contributed by atoms with Gasteiger partial charge in [-0.15, -0.1) is 11.3 Å². The van der Waals surface area contributed by atoms with Gasteiger partial charge in [-0.3, -0.25) is 4.40 Å². The molecule has 0 bridgehead atoms. The maximum atomic E-state index is 12.4. The summed E-state index contributed by atoms with van der Waals surface area (Å²) in [5.41, 5.74) is 0. The minimum Gasteiger partial charge on any atom is -0.385 e. The molecule has 2 rings (SSSR count). The molecule has 2 aromatic rings. The van der Waals surface area contributed by atoms with E-state index in [0.717, 1.165) is 0 Å². The predicted octanol–water partition coefficient (Wildman–Crippen LogP) is 1.14. The molecule has 0 aliphatic rings. The molecule has 9 heteroatoms. The lowest BCUT2D eigenvalue weighted by atomic mass is 10.5. The number of nitrogens with zero attached hydrogens (tertiary/aromatic N) is 2. The van der Waals surface area contributed by atoms with E-state index in [1.54, 1.807) is 17.7 Å². The van der Waals surface area contributed by atoms with E-state index in [1.807, 2.05) is 12.3 Å². The van der Waals surface area contributed by atoms with Gasteiger partial charge in [0.05, 0.1) is 0 Å². The molecule has 0 aliphatic carbocycles. The molecule has 2 N–H and O–H groups in total. The summed E-state index contributed by atoms with van der Waals surface area (Å²) in [6, 6.07) is 0. The molecule has 0 unspecified atom stereocenters. The molecule has 0 saturated heterocycles. The quantitative estimate of drug-likeness (QED) is 0.713. The lowest BCUT2D eigenvalue weighted by Crippen LogP contribution is -2.27.